The number of aryl methyl sites for hydroxylation is 1. The number of amides is 1. The number of aliphatic hydroxyl groups excluding tert-OH is 1. The maximum absolute atomic E-state index is 13.5. The van der Waals surface area contributed by atoms with E-state index in [1.54, 1.807) is 24.3 Å². The topological polar surface area (TPSA) is 79.3 Å². The smallest absolute Gasteiger partial charge is 0.300 e. The summed E-state index contributed by atoms with van der Waals surface area (Å²) in [4.78, 5) is 30.6. The van der Waals surface area contributed by atoms with Gasteiger partial charge in [-0.15, -0.1) is 0 Å². The van der Waals surface area contributed by atoms with Crippen LogP contribution in [0.25, 0.3) is 5.76 Å². The highest BCUT2D eigenvalue weighted by molar-refractivity contribution is 6.51. The van der Waals surface area contributed by atoms with Gasteiger partial charge in [0.25, 0.3) is 11.7 Å². The first kappa shape index (κ1) is 25.8. The first-order valence-electron chi connectivity index (χ1n) is 12.3. The fraction of sp³-hybridized carbons (Fsp3) is 0.267. The molecule has 1 fully saturated rings. The molecule has 0 aromatic heterocycles. The molecule has 37 heavy (non-hydrogen) atoms. The van der Waals surface area contributed by atoms with Crippen LogP contribution in [-0.4, -0.2) is 44.1 Å². The molecule has 1 aliphatic heterocycles. The summed E-state index contributed by atoms with van der Waals surface area (Å²) in [5.41, 5.74) is 3.54. The lowest BCUT2D eigenvalue weighted by atomic mass is 9.94. The SMILES string of the molecule is CCN(CC)c1ccc(C2/C(=C(\O)c3cc(OC)ccc3OC)C(=O)C(=O)N2c2cccc(C)c2)cc1. The van der Waals surface area contributed by atoms with Crippen molar-refractivity contribution in [3.63, 3.8) is 0 Å². The van der Waals surface area contributed by atoms with Gasteiger partial charge in [-0.05, 0) is 74.4 Å². The van der Waals surface area contributed by atoms with Gasteiger partial charge in [0, 0.05) is 24.5 Å². The molecular weight excluding hydrogens is 468 g/mol. The number of ketones is 1. The summed E-state index contributed by atoms with van der Waals surface area (Å²) in [7, 11) is 2.99. The molecular formula is C30H32N2O5. The van der Waals surface area contributed by atoms with E-state index >= 15 is 0 Å². The number of hydrogen-bond acceptors (Lipinski definition) is 6. The highest BCUT2D eigenvalue weighted by Crippen LogP contribution is 2.44. The Labute approximate surface area is 217 Å². The third-order valence-corrected chi connectivity index (χ3v) is 6.72. The Hall–Kier alpha value is -4.26. The van der Waals surface area contributed by atoms with Crippen LogP contribution >= 0.6 is 0 Å². The molecule has 4 rings (SSSR count). The predicted molar refractivity (Wildman–Crippen MR) is 146 cm³/mol. The van der Waals surface area contributed by atoms with Crippen LogP contribution in [0.2, 0.25) is 0 Å². The second-order valence-corrected chi connectivity index (χ2v) is 8.84. The average molecular weight is 501 g/mol. The summed E-state index contributed by atoms with van der Waals surface area (Å²) in [6.45, 7) is 7.81. The van der Waals surface area contributed by atoms with Crippen LogP contribution in [0.15, 0.2) is 72.3 Å². The van der Waals surface area contributed by atoms with E-state index in [1.807, 2.05) is 49.4 Å². The fourth-order valence-corrected chi connectivity index (χ4v) is 4.79. The van der Waals surface area contributed by atoms with Gasteiger partial charge in [-0.25, -0.2) is 0 Å². The van der Waals surface area contributed by atoms with E-state index in [-0.39, 0.29) is 16.9 Å². The number of Topliss-reactive ketones (excluding diaryl/α,β-unsaturated/α-hetero) is 1. The lowest BCUT2D eigenvalue weighted by molar-refractivity contribution is -0.132. The van der Waals surface area contributed by atoms with Crippen molar-refractivity contribution in [1.82, 2.24) is 0 Å². The van der Waals surface area contributed by atoms with Gasteiger partial charge in [0.05, 0.1) is 31.4 Å². The van der Waals surface area contributed by atoms with Gasteiger partial charge >= 0.3 is 0 Å². The highest BCUT2D eigenvalue weighted by Gasteiger charge is 2.47. The van der Waals surface area contributed by atoms with Crippen LogP contribution in [0, 0.1) is 6.92 Å². The zero-order valence-corrected chi connectivity index (χ0v) is 21.8. The van der Waals surface area contributed by atoms with E-state index in [4.69, 9.17) is 9.47 Å². The lowest BCUT2D eigenvalue weighted by Gasteiger charge is -2.27. The number of carbonyl (C=O) groups is 2. The first-order chi connectivity index (χ1) is 17.8. The van der Waals surface area contributed by atoms with E-state index in [9.17, 15) is 14.7 Å². The number of carbonyl (C=O) groups excluding carboxylic acids is 2. The minimum Gasteiger partial charge on any atom is -0.507 e. The van der Waals surface area contributed by atoms with Gasteiger partial charge in [-0.1, -0.05) is 24.3 Å². The summed E-state index contributed by atoms with van der Waals surface area (Å²) in [5.74, 6) is -0.943. The third-order valence-electron chi connectivity index (χ3n) is 6.72. The van der Waals surface area contributed by atoms with Crippen molar-refractivity contribution in [2.24, 2.45) is 0 Å². The molecule has 0 bridgehead atoms. The van der Waals surface area contributed by atoms with E-state index in [1.165, 1.54) is 19.1 Å². The van der Waals surface area contributed by atoms with Gasteiger partial charge in [0.15, 0.2) is 0 Å². The summed E-state index contributed by atoms with van der Waals surface area (Å²) in [5, 5.41) is 11.5. The van der Waals surface area contributed by atoms with Crippen molar-refractivity contribution in [3.05, 3.63) is 89.0 Å². The number of aliphatic hydroxyl groups is 1. The first-order valence-corrected chi connectivity index (χ1v) is 12.3. The Bertz CT molecular complexity index is 1340. The van der Waals surface area contributed by atoms with Crippen molar-refractivity contribution >= 4 is 28.8 Å². The summed E-state index contributed by atoms with van der Waals surface area (Å²) < 4.78 is 10.8. The van der Waals surface area contributed by atoms with Gasteiger partial charge in [-0.2, -0.15) is 0 Å². The Morgan fingerprint density at radius 1 is 0.946 bits per heavy atom. The van der Waals surface area contributed by atoms with Crippen LogP contribution in [0.5, 0.6) is 11.5 Å². The Morgan fingerprint density at radius 2 is 1.65 bits per heavy atom. The number of nitrogens with zero attached hydrogens (tertiary/aromatic N) is 2. The number of hydrogen-bond donors (Lipinski definition) is 1. The van der Waals surface area contributed by atoms with Crippen LogP contribution < -0.4 is 19.3 Å². The van der Waals surface area contributed by atoms with Gasteiger partial charge < -0.3 is 19.5 Å². The molecule has 0 aliphatic carbocycles. The van der Waals surface area contributed by atoms with Crippen molar-refractivity contribution in [3.8, 4) is 11.5 Å². The van der Waals surface area contributed by atoms with Crippen LogP contribution in [0.4, 0.5) is 11.4 Å². The standard InChI is InChI=1S/C30H32N2O5/c1-6-31(7-2)21-13-11-20(12-14-21)27-26(28(33)24-18-23(36-4)15-16-25(24)37-5)29(34)30(35)32(27)22-10-8-9-19(3)17-22/h8-18,27,33H,6-7H2,1-5H3/b28-26+. The Balaban J connectivity index is 1.95. The molecule has 7 nitrogen and oxygen atoms in total. The molecule has 192 valence electrons. The summed E-state index contributed by atoms with van der Waals surface area (Å²) in [6, 6.07) is 19.3. The normalized spacial score (nSPS) is 16.7. The molecule has 1 aliphatic rings. The number of rotatable bonds is 8. The van der Waals surface area contributed by atoms with Gasteiger partial charge in [-0.3, -0.25) is 14.5 Å². The fourth-order valence-electron chi connectivity index (χ4n) is 4.79. The molecule has 1 N–H and O–H groups in total. The number of ether oxygens (including phenoxy) is 2. The Kier molecular flexibility index (Phi) is 7.53. The molecule has 0 radical (unpaired) electrons. The van der Waals surface area contributed by atoms with E-state index in [0.29, 0.717) is 22.7 Å². The maximum atomic E-state index is 13.5. The minimum atomic E-state index is -0.830. The van der Waals surface area contributed by atoms with Crippen LogP contribution in [0.1, 0.15) is 36.6 Å². The summed E-state index contributed by atoms with van der Waals surface area (Å²) in [6.07, 6.45) is 0. The monoisotopic (exact) mass is 500 g/mol. The molecule has 1 unspecified atom stereocenters. The molecule has 1 heterocycles. The summed E-state index contributed by atoms with van der Waals surface area (Å²) >= 11 is 0. The van der Waals surface area contributed by atoms with E-state index in [0.717, 1.165) is 24.3 Å². The zero-order valence-electron chi connectivity index (χ0n) is 21.8. The highest BCUT2D eigenvalue weighted by atomic mass is 16.5. The molecule has 0 spiro atoms. The number of benzene rings is 3. The van der Waals surface area contributed by atoms with Crippen molar-refractivity contribution in [1.29, 1.82) is 0 Å². The third kappa shape index (κ3) is 4.77. The Morgan fingerprint density at radius 3 is 2.24 bits per heavy atom. The molecule has 1 atom stereocenters. The largest absolute Gasteiger partial charge is 0.507 e. The number of anilines is 2. The zero-order chi connectivity index (χ0) is 26.7. The van der Waals surface area contributed by atoms with Crippen LogP contribution in [-0.2, 0) is 9.59 Å². The predicted octanol–water partition coefficient (Wildman–Crippen LogP) is 5.48. The molecule has 0 saturated carbocycles. The molecule has 1 amide bonds. The molecule has 3 aromatic carbocycles. The van der Waals surface area contributed by atoms with Gasteiger partial charge in [0.1, 0.15) is 17.3 Å². The van der Waals surface area contributed by atoms with Gasteiger partial charge in [0.2, 0.25) is 0 Å². The second kappa shape index (κ2) is 10.8. The van der Waals surface area contributed by atoms with E-state index < -0.39 is 17.7 Å². The van der Waals surface area contributed by atoms with Crippen molar-refractivity contribution in [2.75, 3.05) is 37.1 Å². The minimum absolute atomic E-state index is 0.00588. The second-order valence-electron chi connectivity index (χ2n) is 8.84. The molecule has 7 heteroatoms. The van der Waals surface area contributed by atoms with E-state index in [2.05, 4.69) is 18.7 Å². The quantitative estimate of drug-likeness (QED) is 0.251. The maximum Gasteiger partial charge on any atom is 0.300 e. The van der Waals surface area contributed by atoms with Crippen molar-refractivity contribution in [2.45, 2.75) is 26.8 Å². The van der Waals surface area contributed by atoms with Crippen molar-refractivity contribution < 1.29 is 24.2 Å². The van der Waals surface area contributed by atoms with Crippen LogP contribution in [0.3, 0.4) is 0 Å². The molecule has 3 aromatic rings. The number of methoxy groups -OCH3 is 2. The lowest BCUT2D eigenvalue weighted by Crippen LogP contribution is -2.29. The molecule has 1 saturated heterocycles. The average Bonchev–Trinajstić information content (AvgIpc) is 3.19.